The first-order valence-electron chi connectivity index (χ1n) is 6.26. The van der Waals surface area contributed by atoms with Crippen LogP contribution in [0.4, 0.5) is 0 Å². The van der Waals surface area contributed by atoms with Gasteiger partial charge in [-0.05, 0) is 32.4 Å². The van der Waals surface area contributed by atoms with Crippen molar-refractivity contribution in [3.05, 3.63) is 29.3 Å². The summed E-state index contributed by atoms with van der Waals surface area (Å²) in [6.45, 7) is 5.80. The van der Waals surface area contributed by atoms with Crippen LogP contribution in [0, 0.1) is 0 Å². The highest BCUT2D eigenvalue weighted by atomic mass is 35.5. The molecule has 0 aliphatic heterocycles. The summed E-state index contributed by atoms with van der Waals surface area (Å²) in [5.74, 6) is 0.417. The van der Waals surface area contributed by atoms with Gasteiger partial charge < -0.3 is 10.1 Å². The average Bonchev–Trinajstić information content (AvgIpc) is 2.32. The molecule has 1 amide bonds. The molecule has 0 aromatic heterocycles. The minimum Gasteiger partial charge on any atom is -0.479 e. The van der Waals surface area contributed by atoms with Crippen LogP contribution >= 0.6 is 11.6 Å². The first-order valence-corrected chi connectivity index (χ1v) is 6.64. The lowest BCUT2D eigenvalue weighted by Gasteiger charge is -2.18. The van der Waals surface area contributed by atoms with Gasteiger partial charge in [-0.25, -0.2) is 0 Å². The van der Waals surface area contributed by atoms with Crippen LogP contribution in [-0.4, -0.2) is 18.1 Å². The highest BCUT2D eigenvalue weighted by Gasteiger charge is 2.17. The molecule has 0 heterocycles. The number of benzene rings is 1. The van der Waals surface area contributed by atoms with E-state index in [1.165, 1.54) is 0 Å². The molecular formula is C14H20ClNO2. The van der Waals surface area contributed by atoms with Gasteiger partial charge in [-0.2, -0.15) is 0 Å². The number of para-hydroxylation sites is 1. The van der Waals surface area contributed by atoms with Crippen molar-refractivity contribution in [2.24, 2.45) is 0 Å². The largest absolute Gasteiger partial charge is 0.479 e. The third kappa shape index (κ3) is 4.57. The summed E-state index contributed by atoms with van der Waals surface area (Å²) in [5, 5.41) is 3.43. The van der Waals surface area contributed by atoms with Crippen LogP contribution in [0.3, 0.4) is 0 Å². The topological polar surface area (TPSA) is 38.3 Å². The summed E-state index contributed by atoms with van der Waals surface area (Å²) in [6, 6.07) is 7.30. The van der Waals surface area contributed by atoms with E-state index >= 15 is 0 Å². The Hall–Kier alpha value is -1.22. The zero-order valence-corrected chi connectivity index (χ0v) is 11.8. The average molecular weight is 270 g/mol. The van der Waals surface area contributed by atoms with Crippen molar-refractivity contribution in [3.63, 3.8) is 0 Å². The summed E-state index contributed by atoms with van der Waals surface area (Å²) in [4.78, 5) is 11.9. The Labute approximate surface area is 113 Å². The Kier molecular flexibility index (Phi) is 5.99. The Balaban J connectivity index is 2.52. The fourth-order valence-electron chi connectivity index (χ4n) is 1.65. The van der Waals surface area contributed by atoms with Crippen molar-refractivity contribution in [1.29, 1.82) is 0 Å². The van der Waals surface area contributed by atoms with Crippen LogP contribution in [0.15, 0.2) is 24.3 Å². The highest BCUT2D eigenvalue weighted by molar-refractivity contribution is 6.32. The molecule has 0 saturated carbocycles. The van der Waals surface area contributed by atoms with Crippen LogP contribution in [0.25, 0.3) is 0 Å². The molecule has 0 bridgehead atoms. The fraction of sp³-hybridized carbons (Fsp3) is 0.500. The summed E-state index contributed by atoms with van der Waals surface area (Å²) in [6.07, 6.45) is 1.45. The summed E-state index contributed by atoms with van der Waals surface area (Å²) < 4.78 is 5.54. The number of amides is 1. The molecule has 0 spiro atoms. The zero-order chi connectivity index (χ0) is 13.5. The van der Waals surface area contributed by atoms with Crippen LogP contribution in [0.2, 0.25) is 5.02 Å². The molecule has 0 unspecified atom stereocenters. The standard InChI is InChI=1S/C14H20ClNO2/c1-4-7-10(2)16-14(17)11(3)18-13-9-6-5-8-12(13)15/h5-6,8-11H,4,7H2,1-3H3,(H,16,17)/t10-,11-/m1/s1. The van der Waals surface area contributed by atoms with E-state index in [1.54, 1.807) is 19.1 Å². The number of rotatable bonds is 6. The van der Waals surface area contributed by atoms with Crippen molar-refractivity contribution in [2.75, 3.05) is 0 Å². The fourth-order valence-corrected chi connectivity index (χ4v) is 1.83. The highest BCUT2D eigenvalue weighted by Crippen LogP contribution is 2.24. The van der Waals surface area contributed by atoms with Crippen molar-refractivity contribution < 1.29 is 9.53 Å². The molecule has 1 N–H and O–H groups in total. The van der Waals surface area contributed by atoms with Crippen LogP contribution < -0.4 is 10.1 Å². The second kappa shape index (κ2) is 7.27. The van der Waals surface area contributed by atoms with Crippen LogP contribution in [0.1, 0.15) is 33.6 Å². The Bertz CT molecular complexity index is 395. The molecule has 0 fully saturated rings. The van der Waals surface area contributed by atoms with E-state index in [4.69, 9.17) is 16.3 Å². The predicted octanol–water partition coefficient (Wildman–Crippen LogP) is 3.41. The maximum atomic E-state index is 11.9. The molecule has 0 aliphatic carbocycles. The maximum absolute atomic E-state index is 11.9. The Morgan fingerprint density at radius 2 is 2.06 bits per heavy atom. The van der Waals surface area contributed by atoms with Gasteiger partial charge >= 0.3 is 0 Å². The van der Waals surface area contributed by atoms with Crippen molar-refractivity contribution in [1.82, 2.24) is 5.32 Å². The lowest BCUT2D eigenvalue weighted by Crippen LogP contribution is -2.41. The minimum absolute atomic E-state index is 0.115. The zero-order valence-electron chi connectivity index (χ0n) is 11.1. The molecule has 0 aliphatic rings. The third-order valence-corrected chi connectivity index (χ3v) is 2.93. The number of ether oxygens (including phenoxy) is 1. The molecule has 2 atom stereocenters. The molecule has 0 saturated heterocycles. The molecule has 0 radical (unpaired) electrons. The van der Waals surface area contributed by atoms with Crippen molar-refractivity contribution in [3.8, 4) is 5.75 Å². The lowest BCUT2D eigenvalue weighted by atomic mass is 10.2. The van der Waals surface area contributed by atoms with E-state index in [0.717, 1.165) is 12.8 Å². The van der Waals surface area contributed by atoms with E-state index in [9.17, 15) is 4.79 Å². The number of halogens is 1. The van der Waals surface area contributed by atoms with Gasteiger partial charge in [0.25, 0.3) is 5.91 Å². The van der Waals surface area contributed by atoms with Gasteiger partial charge in [0, 0.05) is 6.04 Å². The predicted molar refractivity (Wildman–Crippen MR) is 74.1 cm³/mol. The summed E-state index contributed by atoms with van der Waals surface area (Å²) >= 11 is 5.97. The number of carbonyl (C=O) groups excluding carboxylic acids is 1. The molecule has 18 heavy (non-hydrogen) atoms. The van der Waals surface area contributed by atoms with Gasteiger partial charge in [0.15, 0.2) is 6.10 Å². The first kappa shape index (κ1) is 14.8. The van der Waals surface area contributed by atoms with Gasteiger partial charge in [0.1, 0.15) is 5.75 Å². The molecule has 1 aromatic carbocycles. The molecule has 3 nitrogen and oxygen atoms in total. The van der Waals surface area contributed by atoms with Crippen LogP contribution in [0.5, 0.6) is 5.75 Å². The minimum atomic E-state index is -0.552. The number of hydrogen-bond donors (Lipinski definition) is 1. The third-order valence-electron chi connectivity index (χ3n) is 2.62. The number of nitrogens with one attached hydrogen (secondary N) is 1. The number of hydrogen-bond acceptors (Lipinski definition) is 2. The van der Waals surface area contributed by atoms with Gasteiger partial charge in [0.05, 0.1) is 5.02 Å². The second-order valence-electron chi connectivity index (χ2n) is 4.39. The molecular weight excluding hydrogens is 250 g/mol. The van der Waals surface area contributed by atoms with Gasteiger partial charge in [-0.1, -0.05) is 37.1 Å². The quantitative estimate of drug-likeness (QED) is 0.859. The van der Waals surface area contributed by atoms with E-state index in [1.807, 2.05) is 19.1 Å². The molecule has 1 rings (SSSR count). The Morgan fingerprint density at radius 3 is 2.67 bits per heavy atom. The van der Waals surface area contributed by atoms with Crippen LogP contribution in [-0.2, 0) is 4.79 Å². The first-order chi connectivity index (χ1) is 8.54. The van der Waals surface area contributed by atoms with Gasteiger partial charge in [-0.15, -0.1) is 0 Å². The van der Waals surface area contributed by atoms with Gasteiger partial charge in [-0.3, -0.25) is 4.79 Å². The lowest BCUT2D eigenvalue weighted by molar-refractivity contribution is -0.127. The van der Waals surface area contributed by atoms with Gasteiger partial charge in [0.2, 0.25) is 0 Å². The molecule has 4 heteroatoms. The van der Waals surface area contributed by atoms with E-state index in [-0.39, 0.29) is 11.9 Å². The van der Waals surface area contributed by atoms with Crippen molar-refractivity contribution in [2.45, 2.75) is 45.8 Å². The van der Waals surface area contributed by atoms with E-state index in [0.29, 0.717) is 10.8 Å². The summed E-state index contributed by atoms with van der Waals surface area (Å²) in [7, 11) is 0. The molecule has 100 valence electrons. The smallest absolute Gasteiger partial charge is 0.260 e. The van der Waals surface area contributed by atoms with E-state index < -0.39 is 6.10 Å². The number of carbonyl (C=O) groups is 1. The SMILES string of the molecule is CCC[C@@H](C)NC(=O)[C@@H](C)Oc1ccccc1Cl. The maximum Gasteiger partial charge on any atom is 0.260 e. The Morgan fingerprint density at radius 1 is 1.39 bits per heavy atom. The van der Waals surface area contributed by atoms with Crippen molar-refractivity contribution >= 4 is 17.5 Å². The monoisotopic (exact) mass is 269 g/mol. The summed E-state index contributed by atoms with van der Waals surface area (Å²) in [5.41, 5.74) is 0. The second-order valence-corrected chi connectivity index (χ2v) is 4.80. The normalized spacial score (nSPS) is 13.8. The molecule has 1 aromatic rings. The van der Waals surface area contributed by atoms with E-state index in [2.05, 4.69) is 12.2 Å².